The number of methoxy groups -OCH3 is 1. The van der Waals surface area contributed by atoms with Gasteiger partial charge >= 0.3 is 0 Å². The molecule has 2 aromatic rings. The van der Waals surface area contributed by atoms with Crippen molar-refractivity contribution in [1.29, 1.82) is 0 Å². The molecule has 23 heavy (non-hydrogen) atoms. The van der Waals surface area contributed by atoms with Crippen LogP contribution in [0.3, 0.4) is 0 Å². The van der Waals surface area contributed by atoms with Crippen LogP contribution in [-0.4, -0.2) is 50.9 Å². The monoisotopic (exact) mass is 354 g/mol. The summed E-state index contributed by atoms with van der Waals surface area (Å²) in [6.07, 6.45) is 2.90. The summed E-state index contributed by atoms with van der Waals surface area (Å²) in [5.74, 6) is 2.43. The lowest BCUT2D eigenvalue weighted by molar-refractivity contribution is 0.201. The molecule has 7 nitrogen and oxygen atoms in total. The minimum Gasteiger partial charge on any atom is -0.384 e. The van der Waals surface area contributed by atoms with Crippen LogP contribution in [-0.2, 0) is 17.7 Å². The van der Waals surface area contributed by atoms with Crippen molar-refractivity contribution in [3.63, 3.8) is 0 Å². The topological polar surface area (TPSA) is 71.9 Å². The Balaban J connectivity index is 1.62. The van der Waals surface area contributed by atoms with Gasteiger partial charge < -0.3 is 14.2 Å². The average molecular weight is 355 g/mol. The number of nitrogens with one attached hydrogen (secondary N) is 1. The Bertz CT molecular complexity index is 685. The zero-order valence-corrected chi connectivity index (χ0v) is 15.1. The molecule has 0 bridgehead atoms. The van der Waals surface area contributed by atoms with Crippen molar-refractivity contribution in [2.45, 2.75) is 38.6 Å². The summed E-state index contributed by atoms with van der Waals surface area (Å²) in [6.45, 7) is 5.59. The first-order valence-electron chi connectivity index (χ1n) is 7.94. The molecule has 1 fully saturated rings. The second kappa shape index (κ2) is 7.50. The Morgan fingerprint density at radius 1 is 1.39 bits per heavy atom. The minimum atomic E-state index is 0.458. The van der Waals surface area contributed by atoms with Crippen LogP contribution in [0.15, 0.2) is 0 Å². The van der Waals surface area contributed by atoms with Crippen molar-refractivity contribution in [2.75, 3.05) is 31.7 Å². The van der Waals surface area contributed by atoms with Crippen LogP contribution >= 0.6 is 23.8 Å². The number of rotatable bonds is 6. The van der Waals surface area contributed by atoms with Gasteiger partial charge in [0.05, 0.1) is 6.61 Å². The molecule has 0 unspecified atom stereocenters. The number of nitrogens with zero attached hydrogens (tertiary/aromatic N) is 5. The molecule has 0 aliphatic carbocycles. The predicted octanol–water partition coefficient (Wildman–Crippen LogP) is 2.38. The first kappa shape index (κ1) is 16.5. The molecule has 1 aliphatic heterocycles. The van der Waals surface area contributed by atoms with Gasteiger partial charge in [0.1, 0.15) is 11.6 Å². The fourth-order valence-electron chi connectivity index (χ4n) is 2.94. The summed E-state index contributed by atoms with van der Waals surface area (Å²) in [4.78, 5) is 6.94. The molecule has 2 aromatic heterocycles. The van der Waals surface area contributed by atoms with Crippen LogP contribution in [0.5, 0.6) is 0 Å². The molecule has 1 saturated heterocycles. The molecule has 3 heterocycles. The quantitative estimate of drug-likeness (QED) is 0.803. The Hall–Kier alpha value is -1.32. The van der Waals surface area contributed by atoms with Crippen molar-refractivity contribution >= 4 is 28.9 Å². The molecule has 3 rings (SSSR count). The van der Waals surface area contributed by atoms with Crippen molar-refractivity contribution in [1.82, 2.24) is 24.1 Å². The van der Waals surface area contributed by atoms with E-state index in [1.165, 1.54) is 11.5 Å². The molecule has 0 radical (unpaired) electrons. The Morgan fingerprint density at radius 2 is 2.17 bits per heavy atom. The van der Waals surface area contributed by atoms with E-state index in [2.05, 4.69) is 35.9 Å². The summed E-state index contributed by atoms with van der Waals surface area (Å²) >= 11 is 6.77. The van der Waals surface area contributed by atoms with Gasteiger partial charge in [-0.3, -0.25) is 5.10 Å². The second-order valence-corrected chi connectivity index (χ2v) is 6.75. The lowest BCUT2D eigenvalue weighted by Crippen LogP contribution is -2.33. The first-order chi connectivity index (χ1) is 11.2. The standard InChI is InChI=1S/C14H22N6OS2/c1-3-20-12(16-17-13(20)22)10-4-7-19(8-5-10)14-15-11(18-23-14)6-9-21-2/h10H,3-9H2,1-2H3,(H,17,22). The van der Waals surface area contributed by atoms with Gasteiger partial charge in [0.15, 0.2) is 4.77 Å². The van der Waals surface area contributed by atoms with Crippen molar-refractivity contribution in [2.24, 2.45) is 0 Å². The fourth-order valence-corrected chi connectivity index (χ4v) is 3.98. The molecule has 0 spiro atoms. The van der Waals surface area contributed by atoms with Gasteiger partial charge in [-0.1, -0.05) is 0 Å². The zero-order valence-electron chi connectivity index (χ0n) is 13.5. The van der Waals surface area contributed by atoms with Crippen molar-refractivity contribution in [3.8, 4) is 0 Å². The molecule has 1 N–H and O–H groups in total. The summed E-state index contributed by atoms with van der Waals surface area (Å²) < 4.78 is 12.3. The van der Waals surface area contributed by atoms with E-state index in [0.29, 0.717) is 12.5 Å². The third kappa shape index (κ3) is 3.61. The SMILES string of the molecule is CCn1c(C2CCN(c3nc(CCOC)ns3)CC2)n[nH]c1=S. The fraction of sp³-hybridized carbons (Fsp3) is 0.714. The highest BCUT2D eigenvalue weighted by Gasteiger charge is 2.26. The van der Waals surface area contributed by atoms with Gasteiger partial charge in [0.2, 0.25) is 5.13 Å². The average Bonchev–Trinajstić information content (AvgIpc) is 3.19. The van der Waals surface area contributed by atoms with Gasteiger partial charge in [0, 0.05) is 50.6 Å². The van der Waals surface area contributed by atoms with Crippen LogP contribution < -0.4 is 4.90 Å². The minimum absolute atomic E-state index is 0.458. The van der Waals surface area contributed by atoms with Crippen LogP contribution in [0.2, 0.25) is 0 Å². The number of aromatic nitrogens is 5. The van der Waals surface area contributed by atoms with Gasteiger partial charge in [-0.15, -0.1) is 0 Å². The highest BCUT2D eigenvalue weighted by atomic mass is 32.1. The summed E-state index contributed by atoms with van der Waals surface area (Å²) in [7, 11) is 1.70. The maximum atomic E-state index is 5.29. The number of hydrogen-bond acceptors (Lipinski definition) is 7. The molecule has 0 amide bonds. The molecule has 1 aliphatic rings. The Morgan fingerprint density at radius 3 is 2.87 bits per heavy atom. The maximum Gasteiger partial charge on any atom is 0.205 e. The molecule has 0 aromatic carbocycles. The van der Waals surface area contributed by atoms with Crippen molar-refractivity contribution in [3.05, 3.63) is 16.4 Å². The highest BCUT2D eigenvalue weighted by Crippen LogP contribution is 2.30. The second-order valence-electron chi connectivity index (χ2n) is 5.63. The first-order valence-corrected chi connectivity index (χ1v) is 9.12. The number of H-pyrrole nitrogens is 1. The number of anilines is 1. The number of hydrogen-bond donors (Lipinski definition) is 1. The van der Waals surface area contributed by atoms with E-state index in [4.69, 9.17) is 17.0 Å². The summed E-state index contributed by atoms with van der Waals surface area (Å²) in [5, 5.41) is 8.37. The van der Waals surface area contributed by atoms with Gasteiger partial charge in [0.25, 0.3) is 0 Å². The van der Waals surface area contributed by atoms with Crippen LogP contribution in [0.25, 0.3) is 0 Å². The molecule has 0 saturated carbocycles. The maximum absolute atomic E-state index is 5.29. The Kier molecular flexibility index (Phi) is 5.39. The van der Waals surface area contributed by atoms with E-state index < -0.39 is 0 Å². The summed E-state index contributed by atoms with van der Waals surface area (Å²) in [6, 6.07) is 0. The normalized spacial score (nSPS) is 16.2. The summed E-state index contributed by atoms with van der Waals surface area (Å²) in [5.41, 5.74) is 0. The smallest absolute Gasteiger partial charge is 0.205 e. The van der Waals surface area contributed by atoms with Gasteiger partial charge in [-0.2, -0.15) is 9.47 Å². The number of aromatic amines is 1. The zero-order chi connectivity index (χ0) is 16.2. The third-order valence-corrected chi connectivity index (χ3v) is 5.35. The third-order valence-electron chi connectivity index (χ3n) is 4.22. The molecular weight excluding hydrogens is 332 g/mol. The van der Waals surface area contributed by atoms with Gasteiger partial charge in [-0.25, -0.2) is 4.98 Å². The van der Waals surface area contributed by atoms with Crippen LogP contribution in [0, 0.1) is 4.77 Å². The van der Waals surface area contributed by atoms with E-state index in [-0.39, 0.29) is 0 Å². The predicted molar refractivity (Wildman–Crippen MR) is 92.8 cm³/mol. The van der Waals surface area contributed by atoms with E-state index in [1.807, 2.05) is 0 Å². The van der Waals surface area contributed by atoms with Crippen LogP contribution in [0.4, 0.5) is 5.13 Å². The van der Waals surface area contributed by atoms with E-state index in [1.54, 1.807) is 7.11 Å². The number of piperidine rings is 1. The highest BCUT2D eigenvalue weighted by molar-refractivity contribution is 7.71. The lowest BCUT2D eigenvalue weighted by atomic mass is 9.96. The molecule has 126 valence electrons. The lowest BCUT2D eigenvalue weighted by Gasteiger charge is -2.31. The molecule has 9 heteroatoms. The number of ether oxygens (including phenoxy) is 1. The molecular formula is C14H22N6OS2. The van der Waals surface area contributed by atoms with E-state index >= 15 is 0 Å². The van der Waals surface area contributed by atoms with E-state index in [0.717, 1.165) is 60.4 Å². The van der Waals surface area contributed by atoms with Crippen molar-refractivity contribution < 1.29 is 4.74 Å². The van der Waals surface area contributed by atoms with Gasteiger partial charge in [-0.05, 0) is 32.0 Å². The van der Waals surface area contributed by atoms with Crippen LogP contribution in [0.1, 0.15) is 37.3 Å². The molecule has 0 atom stereocenters. The van der Waals surface area contributed by atoms with E-state index in [9.17, 15) is 0 Å². The Labute approximate surface area is 144 Å². The largest absolute Gasteiger partial charge is 0.384 e.